The van der Waals surface area contributed by atoms with Crippen LogP contribution in [0.4, 0.5) is 4.79 Å². The first kappa shape index (κ1) is 22.6. The monoisotopic (exact) mass is 425 g/mol. The van der Waals surface area contributed by atoms with Gasteiger partial charge in [-0.3, -0.25) is 4.79 Å². The highest BCUT2D eigenvalue weighted by Gasteiger charge is 2.35. The van der Waals surface area contributed by atoms with E-state index in [-0.39, 0.29) is 31.0 Å². The largest absolute Gasteiger partial charge is 0.461 e. The summed E-state index contributed by atoms with van der Waals surface area (Å²) in [5.41, 5.74) is 3.27. The van der Waals surface area contributed by atoms with E-state index in [2.05, 4.69) is 5.32 Å². The fourth-order valence-corrected chi connectivity index (χ4v) is 4.03. The van der Waals surface area contributed by atoms with E-state index >= 15 is 0 Å². The maximum Gasteiger partial charge on any atom is 0.355 e. The number of hydrogen-bond donors (Lipinski definition) is 1. The van der Waals surface area contributed by atoms with Crippen LogP contribution in [0.15, 0.2) is 30.3 Å². The molecule has 0 atom stereocenters. The molecule has 1 aliphatic rings. The maximum absolute atomic E-state index is 13.3. The Balaban J connectivity index is 1.78. The molecule has 0 unspecified atom stereocenters. The van der Waals surface area contributed by atoms with E-state index in [1.54, 1.807) is 18.7 Å². The summed E-state index contributed by atoms with van der Waals surface area (Å²) >= 11 is 0. The van der Waals surface area contributed by atoms with Gasteiger partial charge in [0.2, 0.25) is 0 Å². The number of carbonyl (C=O) groups is 3. The summed E-state index contributed by atoms with van der Waals surface area (Å²) in [6.07, 6.45) is 1.79. The molecule has 0 radical (unpaired) electrons. The Kier molecular flexibility index (Phi) is 7.15. The van der Waals surface area contributed by atoms with Gasteiger partial charge in [0.25, 0.3) is 0 Å². The zero-order chi connectivity index (χ0) is 22.5. The first-order valence-corrected chi connectivity index (χ1v) is 10.9. The Morgan fingerprint density at radius 3 is 2.39 bits per heavy atom. The first-order valence-electron chi connectivity index (χ1n) is 10.9. The van der Waals surface area contributed by atoms with Crippen molar-refractivity contribution in [3.05, 3.63) is 58.4 Å². The summed E-state index contributed by atoms with van der Waals surface area (Å²) in [5.74, 6) is -0.585. The smallest absolute Gasteiger partial charge is 0.355 e. The normalized spacial score (nSPS) is 13.0. The average Bonchev–Trinajstić information content (AvgIpc) is 3.56. The number of urea groups is 1. The molecule has 1 aromatic carbocycles. The number of aromatic nitrogens is 1. The van der Waals surface area contributed by atoms with Crippen molar-refractivity contribution in [2.75, 3.05) is 13.2 Å². The van der Waals surface area contributed by atoms with Crippen LogP contribution in [0.1, 0.15) is 64.4 Å². The quantitative estimate of drug-likeness (QED) is 0.489. The summed E-state index contributed by atoms with van der Waals surface area (Å²) in [5, 5.41) is 2.92. The number of ketones is 1. The third kappa shape index (κ3) is 4.98. The van der Waals surface area contributed by atoms with Gasteiger partial charge in [-0.25, -0.2) is 9.59 Å². The Hall–Kier alpha value is -3.09. The highest BCUT2D eigenvalue weighted by Crippen LogP contribution is 2.29. The van der Waals surface area contributed by atoms with Gasteiger partial charge < -0.3 is 19.5 Å². The second-order valence-corrected chi connectivity index (χ2v) is 7.83. The van der Waals surface area contributed by atoms with Crippen LogP contribution in [0.25, 0.3) is 0 Å². The summed E-state index contributed by atoms with van der Waals surface area (Å²) in [7, 11) is 0. The molecule has 1 saturated carbocycles. The molecule has 7 nitrogen and oxygen atoms in total. The summed E-state index contributed by atoms with van der Waals surface area (Å²) in [4.78, 5) is 40.2. The molecule has 0 bridgehead atoms. The van der Waals surface area contributed by atoms with Crippen LogP contribution in [0.2, 0.25) is 0 Å². The van der Waals surface area contributed by atoms with Crippen molar-refractivity contribution >= 4 is 17.8 Å². The lowest BCUT2D eigenvalue weighted by Gasteiger charge is -2.22. The van der Waals surface area contributed by atoms with Crippen LogP contribution in [-0.4, -0.2) is 46.4 Å². The minimum atomic E-state index is -0.427. The fraction of sp³-hybridized carbons (Fsp3) is 0.458. The molecule has 3 rings (SSSR count). The number of amides is 2. The number of nitrogens with zero attached hydrogens (tertiary/aromatic N) is 2. The molecular weight excluding hydrogens is 394 g/mol. The number of rotatable bonds is 9. The SMILES string of the molecule is CCOC(=O)c1c(C)c(C(=O)CN(C(=O)NCc2ccccc2)C2CC2)c(C)n1CC. The zero-order valence-corrected chi connectivity index (χ0v) is 18.7. The predicted octanol–water partition coefficient (Wildman–Crippen LogP) is 3.86. The van der Waals surface area contributed by atoms with Crippen molar-refractivity contribution < 1.29 is 19.1 Å². The molecule has 2 amide bonds. The number of hydrogen-bond acceptors (Lipinski definition) is 4. The standard InChI is InChI=1S/C24H31N3O4/c1-5-26-17(4)21(16(3)22(26)23(29)31-6-2)20(28)15-27(19-12-13-19)24(30)25-14-18-10-8-7-9-11-18/h7-11,19H,5-6,12-15H2,1-4H3,(H,25,30). The van der Waals surface area contributed by atoms with Gasteiger partial charge >= 0.3 is 12.0 Å². The van der Waals surface area contributed by atoms with Gasteiger partial charge in [0.05, 0.1) is 13.2 Å². The van der Waals surface area contributed by atoms with E-state index in [0.29, 0.717) is 29.9 Å². The van der Waals surface area contributed by atoms with Crippen molar-refractivity contribution in [1.29, 1.82) is 0 Å². The highest BCUT2D eigenvalue weighted by atomic mass is 16.5. The molecule has 0 spiro atoms. The second-order valence-electron chi connectivity index (χ2n) is 7.83. The van der Waals surface area contributed by atoms with Gasteiger partial charge in [-0.2, -0.15) is 0 Å². The number of nitrogens with one attached hydrogen (secondary N) is 1. The highest BCUT2D eigenvalue weighted by molar-refractivity contribution is 6.04. The van der Waals surface area contributed by atoms with E-state index in [4.69, 9.17) is 4.74 Å². The Morgan fingerprint density at radius 2 is 1.81 bits per heavy atom. The molecule has 0 aliphatic heterocycles. The minimum Gasteiger partial charge on any atom is -0.461 e. The molecule has 0 saturated heterocycles. The molecule has 1 heterocycles. The molecule has 1 N–H and O–H groups in total. The lowest BCUT2D eigenvalue weighted by atomic mass is 10.1. The van der Waals surface area contributed by atoms with Gasteiger partial charge in [-0.1, -0.05) is 30.3 Å². The summed E-state index contributed by atoms with van der Waals surface area (Å²) in [6, 6.07) is 9.52. The van der Waals surface area contributed by atoms with Gasteiger partial charge in [0.1, 0.15) is 5.69 Å². The lowest BCUT2D eigenvalue weighted by molar-refractivity contribution is 0.0512. The Morgan fingerprint density at radius 1 is 1.13 bits per heavy atom. The van der Waals surface area contributed by atoms with E-state index in [1.807, 2.05) is 48.7 Å². The van der Waals surface area contributed by atoms with Gasteiger partial charge in [-0.05, 0) is 51.7 Å². The number of ether oxygens (including phenoxy) is 1. The van der Waals surface area contributed by atoms with Gasteiger partial charge in [-0.15, -0.1) is 0 Å². The van der Waals surface area contributed by atoms with E-state index in [9.17, 15) is 14.4 Å². The third-order valence-electron chi connectivity index (χ3n) is 5.68. The fourth-order valence-electron chi connectivity index (χ4n) is 4.03. The van der Waals surface area contributed by atoms with Gasteiger partial charge in [0, 0.05) is 30.4 Å². The number of carbonyl (C=O) groups excluding carboxylic acids is 3. The Bertz CT molecular complexity index is 961. The topological polar surface area (TPSA) is 80.6 Å². The van der Waals surface area contributed by atoms with Crippen molar-refractivity contribution in [2.24, 2.45) is 0 Å². The number of benzene rings is 1. The minimum absolute atomic E-state index is 0.0109. The van der Waals surface area contributed by atoms with E-state index < -0.39 is 5.97 Å². The van der Waals surface area contributed by atoms with Crippen molar-refractivity contribution in [1.82, 2.24) is 14.8 Å². The lowest BCUT2D eigenvalue weighted by Crippen LogP contribution is -2.44. The van der Waals surface area contributed by atoms with Crippen molar-refractivity contribution in [3.63, 3.8) is 0 Å². The van der Waals surface area contributed by atoms with E-state index in [1.165, 1.54) is 0 Å². The van der Waals surface area contributed by atoms with Crippen LogP contribution in [0.3, 0.4) is 0 Å². The summed E-state index contributed by atoms with van der Waals surface area (Å²) in [6.45, 7) is 8.52. The molecule has 1 aromatic heterocycles. The Labute approximate surface area is 183 Å². The van der Waals surface area contributed by atoms with Crippen molar-refractivity contribution in [3.8, 4) is 0 Å². The molecule has 7 heteroatoms. The van der Waals surface area contributed by atoms with Crippen LogP contribution >= 0.6 is 0 Å². The molecular formula is C24H31N3O4. The van der Waals surface area contributed by atoms with Crippen LogP contribution in [0.5, 0.6) is 0 Å². The second kappa shape index (κ2) is 9.81. The molecule has 1 aliphatic carbocycles. The number of esters is 1. The van der Waals surface area contributed by atoms with Gasteiger partial charge in [0.15, 0.2) is 5.78 Å². The van der Waals surface area contributed by atoms with Crippen molar-refractivity contribution in [2.45, 2.75) is 59.7 Å². The molecule has 1 fully saturated rings. The molecule has 166 valence electrons. The summed E-state index contributed by atoms with van der Waals surface area (Å²) < 4.78 is 7.01. The van der Waals surface area contributed by atoms with Crippen LogP contribution in [0, 0.1) is 13.8 Å². The maximum atomic E-state index is 13.3. The predicted molar refractivity (Wildman–Crippen MR) is 118 cm³/mol. The average molecular weight is 426 g/mol. The first-order chi connectivity index (χ1) is 14.9. The zero-order valence-electron chi connectivity index (χ0n) is 18.7. The van der Waals surface area contributed by atoms with Crippen LogP contribution < -0.4 is 5.32 Å². The van der Waals surface area contributed by atoms with E-state index in [0.717, 1.165) is 24.1 Å². The molecule has 2 aromatic rings. The molecule has 31 heavy (non-hydrogen) atoms. The number of Topliss-reactive ketones (excluding diaryl/α,β-unsaturated/α-hetero) is 1. The third-order valence-corrected chi connectivity index (χ3v) is 5.68. The van der Waals surface area contributed by atoms with Crippen LogP contribution in [-0.2, 0) is 17.8 Å².